The average Bonchev–Trinajstić information content (AvgIpc) is 3.07. The summed E-state index contributed by atoms with van der Waals surface area (Å²) < 4.78 is 13.1. The van der Waals surface area contributed by atoms with Gasteiger partial charge >= 0.3 is 0 Å². The third kappa shape index (κ3) is 4.88. The zero-order valence-electron chi connectivity index (χ0n) is 19.6. The molecule has 1 atom stereocenters. The van der Waals surface area contributed by atoms with Crippen LogP contribution in [0.3, 0.4) is 0 Å². The largest absolute Gasteiger partial charge is 0.496 e. The number of H-pyrrole nitrogens is 1. The van der Waals surface area contributed by atoms with Crippen molar-refractivity contribution in [2.24, 2.45) is 0 Å². The highest BCUT2D eigenvalue weighted by Crippen LogP contribution is 2.31. The topological polar surface area (TPSA) is 85.3 Å². The first-order valence-electron chi connectivity index (χ1n) is 11.1. The van der Waals surface area contributed by atoms with Gasteiger partial charge in [0.25, 0.3) is 11.5 Å². The van der Waals surface area contributed by atoms with Gasteiger partial charge in [0, 0.05) is 41.5 Å². The number of benzene rings is 1. The van der Waals surface area contributed by atoms with Crippen LogP contribution in [0.1, 0.15) is 60.0 Å². The summed E-state index contributed by atoms with van der Waals surface area (Å²) in [7, 11) is 1.52. The number of fused-ring (bicyclic) bond motifs is 1. The minimum Gasteiger partial charge on any atom is -0.496 e. The molecule has 3 aromatic rings. The van der Waals surface area contributed by atoms with Gasteiger partial charge in [0.15, 0.2) is 0 Å². The van der Waals surface area contributed by atoms with Gasteiger partial charge in [0.05, 0.1) is 24.8 Å². The van der Waals surface area contributed by atoms with Crippen LogP contribution >= 0.6 is 0 Å². The van der Waals surface area contributed by atoms with E-state index in [2.05, 4.69) is 21.8 Å². The van der Waals surface area contributed by atoms with Gasteiger partial charge in [0.2, 0.25) is 0 Å². The predicted molar refractivity (Wildman–Crippen MR) is 127 cm³/mol. The van der Waals surface area contributed by atoms with Crippen molar-refractivity contribution < 1.29 is 14.3 Å². The van der Waals surface area contributed by atoms with Crippen LogP contribution in [0, 0.1) is 13.8 Å². The van der Waals surface area contributed by atoms with Gasteiger partial charge in [-0.3, -0.25) is 9.59 Å². The van der Waals surface area contributed by atoms with E-state index >= 15 is 0 Å². The first-order valence-corrected chi connectivity index (χ1v) is 11.1. The van der Waals surface area contributed by atoms with Crippen molar-refractivity contribution in [2.45, 2.75) is 53.1 Å². The van der Waals surface area contributed by atoms with Crippen molar-refractivity contribution >= 4 is 16.8 Å². The number of pyridine rings is 1. The molecule has 2 aromatic heterocycles. The highest BCUT2D eigenvalue weighted by atomic mass is 16.5. The lowest BCUT2D eigenvalue weighted by molar-refractivity contribution is 0.0951. The third-order valence-electron chi connectivity index (χ3n) is 5.81. The number of hydrogen-bond donors (Lipinski definition) is 2. The first kappa shape index (κ1) is 23.6. The number of carbonyl (C=O) groups excluding carboxylic acids is 1. The zero-order valence-corrected chi connectivity index (χ0v) is 19.6. The molecule has 0 aliphatic carbocycles. The molecule has 0 bridgehead atoms. The maximum Gasteiger partial charge on any atom is 0.256 e. The molecule has 7 heteroatoms. The fourth-order valence-corrected chi connectivity index (χ4v) is 4.29. The Hall–Kier alpha value is -3.06. The van der Waals surface area contributed by atoms with Crippen LogP contribution in [-0.2, 0) is 11.3 Å². The lowest BCUT2D eigenvalue weighted by atomic mass is 10.1. The summed E-state index contributed by atoms with van der Waals surface area (Å²) in [6, 6.07) is 9.93. The number of nitrogens with one attached hydrogen (secondary N) is 2. The minimum absolute atomic E-state index is 0.0838. The summed E-state index contributed by atoms with van der Waals surface area (Å²) in [4.78, 5) is 28.4. The summed E-state index contributed by atoms with van der Waals surface area (Å²) in [6.07, 6.45) is 1.91. The molecular formula is C25H33N3O4. The molecule has 0 radical (unpaired) electrons. The monoisotopic (exact) mass is 439 g/mol. The second-order valence-electron chi connectivity index (χ2n) is 8.05. The molecule has 3 rings (SSSR count). The molecule has 0 unspecified atom stereocenters. The van der Waals surface area contributed by atoms with Crippen LogP contribution < -0.4 is 15.6 Å². The maximum absolute atomic E-state index is 13.3. The van der Waals surface area contributed by atoms with Gasteiger partial charge in [0.1, 0.15) is 5.75 Å². The molecule has 0 saturated heterocycles. The Bertz CT molecular complexity index is 1150. The Morgan fingerprint density at radius 1 is 1.25 bits per heavy atom. The van der Waals surface area contributed by atoms with Gasteiger partial charge in [-0.2, -0.15) is 0 Å². The molecule has 172 valence electrons. The second-order valence-corrected chi connectivity index (χ2v) is 8.05. The first-order chi connectivity index (χ1) is 15.4. The van der Waals surface area contributed by atoms with Gasteiger partial charge in [-0.1, -0.05) is 18.2 Å². The molecule has 32 heavy (non-hydrogen) atoms. The number of methoxy groups -OCH3 is 1. The Morgan fingerprint density at radius 3 is 2.72 bits per heavy atom. The fourth-order valence-electron chi connectivity index (χ4n) is 4.29. The van der Waals surface area contributed by atoms with Gasteiger partial charge in [-0.25, -0.2) is 0 Å². The lowest BCUT2D eigenvalue weighted by Gasteiger charge is -2.18. The number of para-hydroxylation sites is 1. The molecule has 0 fully saturated rings. The maximum atomic E-state index is 13.3. The number of carbonyl (C=O) groups is 1. The highest BCUT2D eigenvalue weighted by Gasteiger charge is 2.22. The summed E-state index contributed by atoms with van der Waals surface area (Å²) in [5.41, 5.74) is 3.43. The second kappa shape index (κ2) is 10.5. The zero-order chi connectivity index (χ0) is 23.3. The van der Waals surface area contributed by atoms with E-state index in [1.165, 1.54) is 7.11 Å². The minimum atomic E-state index is -0.260. The Morgan fingerprint density at radius 2 is 2.00 bits per heavy atom. The van der Waals surface area contributed by atoms with Gasteiger partial charge in [-0.15, -0.1) is 0 Å². The molecule has 2 heterocycles. The average molecular weight is 440 g/mol. The number of hydrogen-bond acceptors (Lipinski definition) is 4. The molecule has 0 aliphatic rings. The molecule has 2 N–H and O–H groups in total. The van der Waals surface area contributed by atoms with E-state index in [4.69, 9.17) is 9.47 Å². The molecule has 0 aliphatic heterocycles. The number of aromatic amines is 1. The molecule has 7 nitrogen and oxygen atoms in total. The Kier molecular flexibility index (Phi) is 7.75. The quantitative estimate of drug-likeness (QED) is 0.462. The van der Waals surface area contributed by atoms with Crippen molar-refractivity contribution in [3.8, 4) is 5.75 Å². The highest BCUT2D eigenvalue weighted by molar-refractivity contribution is 6.08. The lowest BCUT2D eigenvalue weighted by Crippen LogP contribution is -2.28. The third-order valence-corrected chi connectivity index (χ3v) is 5.81. The van der Waals surface area contributed by atoms with E-state index in [9.17, 15) is 9.59 Å². The number of aromatic nitrogens is 2. The summed E-state index contributed by atoms with van der Waals surface area (Å²) in [6.45, 7) is 9.48. The van der Waals surface area contributed by atoms with E-state index in [0.717, 1.165) is 42.7 Å². The van der Waals surface area contributed by atoms with E-state index in [-0.39, 0.29) is 24.1 Å². The number of rotatable bonds is 10. The normalized spacial score (nSPS) is 12.2. The van der Waals surface area contributed by atoms with Crippen molar-refractivity contribution in [3.63, 3.8) is 0 Å². The number of ether oxygens (including phenoxy) is 2. The summed E-state index contributed by atoms with van der Waals surface area (Å²) in [5, 5.41) is 3.83. The SMILES string of the molecule is CCOCCC[C@@H](C)n1c(C)c(C(=O)NCc2c(OC)cc(C)[nH]c2=O)c2ccccc21. The molecular weight excluding hydrogens is 406 g/mol. The predicted octanol–water partition coefficient (Wildman–Crippen LogP) is 4.26. The smallest absolute Gasteiger partial charge is 0.256 e. The molecule has 0 spiro atoms. The van der Waals surface area contributed by atoms with Crippen LogP contribution in [0.15, 0.2) is 35.1 Å². The van der Waals surface area contributed by atoms with Gasteiger partial charge in [-0.05, 0) is 52.7 Å². The number of nitrogens with zero attached hydrogens (tertiary/aromatic N) is 1. The molecule has 1 amide bonds. The van der Waals surface area contributed by atoms with Crippen molar-refractivity contribution in [1.29, 1.82) is 0 Å². The van der Waals surface area contributed by atoms with Crippen LogP contribution in [0.4, 0.5) is 0 Å². The van der Waals surface area contributed by atoms with Gasteiger partial charge < -0.3 is 24.3 Å². The summed E-state index contributed by atoms with van der Waals surface area (Å²) in [5.74, 6) is 0.259. The standard InChI is InChI=1S/C25H33N3O4/c1-6-32-13-9-10-17(3)28-18(4)23(19-11-7-8-12-21(19)28)25(30)26-15-20-22(31-5)14-16(2)27-24(20)29/h7-8,11-12,14,17H,6,9-10,13,15H2,1-5H3,(H,26,30)(H,27,29)/t17-/m1/s1. The van der Waals surface area contributed by atoms with E-state index in [1.807, 2.05) is 38.1 Å². The van der Waals surface area contributed by atoms with Crippen LogP contribution in [0.5, 0.6) is 5.75 Å². The molecule has 0 saturated carbocycles. The van der Waals surface area contributed by atoms with Crippen LogP contribution in [-0.4, -0.2) is 35.8 Å². The van der Waals surface area contributed by atoms with E-state index in [0.29, 0.717) is 22.6 Å². The Labute approximate surface area is 188 Å². The van der Waals surface area contributed by atoms with E-state index in [1.54, 1.807) is 13.0 Å². The Balaban J connectivity index is 1.88. The van der Waals surface area contributed by atoms with Crippen molar-refractivity contribution in [2.75, 3.05) is 20.3 Å². The van der Waals surface area contributed by atoms with Crippen LogP contribution in [0.25, 0.3) is 10.9 Å². The van der Waals surface area contributed by atoms with Crippen molar-refractivity contribution in [1.82, 2.24) is 14.9 Å². The number of aryl methyl sites for hydroxylation is 1. The van der Waals surface area contributed by atoms with E-state index < -0.39 is 0 Å². The number of amides is 1. The van der Waals surface area contributed by atoms with Crippen molar-refractivity contribution in [3.05, 3.63) is 63.2 Å². The summed E-state index contributed by atoms with van der Waals surface area (Å²) >= 11 is 0. The molecule has 1 aromatic carbocycles. The fraction of sp³-hybridized carbons (Fsp3) is 0.440. The van der Waals surface area contributed by atoms with Crippen LogP contribution in [0.2, 0.25) is 0 Å².